The zero-order valence-corrected chi connectivity index (χ0v) is 15.9. The lowest BCUT2D eigenvalue weighted by Gasteiger charge is -2.35. The minimum absolute atomic E-state index is 0.167. The molecule has 3 aromatic rings. The Kier molecular flexibility index (Phi) is 5.20. The van der Waals surface area contributed by atoms with Crippen molar-refractivity contribution in [1.29, 1.82) is 0 Å². The minimum atomic E-state index is -0.432. The van der Waals surface area contributed by atoms with Crippen molar-refractivity contribution in [3.63, 3.8) is 0 Å². The Hall–Kier alpha value is -2.29. The molecule has 1 N–H and O–H groups in total. The Balaban J connectivity index is 1.34. The molecule has 0 unspecified atom stereocenters. The predicted octanol–water partition coefficient (Wildman–Crippen LogP) is 3.24. The molecule has 1 aliphatic heterocycles. The van der Waals surface area contributed by atoms with Crippen LogP contribution in [-0.2, 0) is 4.79 Å². The summed E-state index contributed by atoms with van der Waals surface area (Å²) in [5.74, 6) is 0.348. The van der Waals surface area contributed by atoms with E-state index < -0.39 is 5.82 Å². The van der Waals surface area contributed by atoms with Crippen molar-refractivity contribution in [3.05, 3.63) is 46.8 Å². The van der Waals surface area contributed by atoms with Crippen LogP contribution >= 0.6 is 22.9 Å². The number of hydrogen-bond donors (Lipinski definition) is 1. The summed E-state index contributed by atoms with van der Waals surface area (Å²) >= 11 is 7.56. The fourth-order valence-corrected chi connectivity index (χ4v) is 4.07. The van der Waals surface area contributed by atoms with Crippen LogP contribution in [0.15, 0.2) is 36.0 Å². The molecule has 27 heavy (non-hydrogen) atoms. The minimum Gasteiger partial charge on any atom is -0.353 e. The number of fused-ring (bicyclic) bond motifs is 1. The van der Waals surface area contributed by atoms with Crippen molar-refractivity contribution in [1.82, 2.24) is 14.9 Å². The lowest BCUT2D eigenvalue weighted by Crippen LogP contribution is -2.49. The van der Waals surface area contributed by atoms with E-state index in [2.05, 4.69) is 25.1 Å². The van der Waals surface area contributed by atoms with E-state index in [1.54, 1.807) is 17.7 Å². The third-order valence-corrected chi connectivity index (χ3v) is 5.62. The molecule has 1 amide bonds. The number of rotatable bonds is 4. The third kappa shape index (κ3) is 4.02. The van der Waals surface area contributed by atoms with Gasteiger partial charge in [0.2, 0.25) is 5.91 Å². The molecule has 140 valence electrons. The summed E-state index contributed by atoms with van der Waals surface area (Å²) in [5.41, 5.74) is 0.419. The van der Waals surface area contributed by atoms with Crippen LogP contribution in [0.25, 0.3) is 10.2 Å². The molecular weight excluding hydrogens is 389 g/mol. The fourth-order valence-electron chi connectivity index (χ4n) is 3.13. The van der Waals surface area contributed by atoms with Gasteiger partial charge in [0, 0.05) is 26.2 Å². The van der Waals surface area contributed by atoms with Crippen molar-refractivity contribution in [2.75, 3.05) is 42.9 Å². The number of nitrogens with zero attached hydrogens (tertiary/aromatic N) is 4. The van der Waals surface area contributed by atoms with E-state index in [4.69, 9.17) is 11.6 Å². The zero-order chi connectivity index (χ0) is 18.8. The van der Waals surface area contributed by atoms with Crippen LogP contribution in [0.4, 0.5) is 15.9 Å². The zero-order valence-electron chi connectivity index (χ0n) is 14.4. The number of hydrogen-bond acceptors (Lipinski definition) is 6. The Morgan fingerprint density at radius 2 is 2.04 bits per heavy atom. The van der Waals surface area contributed by atoms with Gasteiger partial charge in [0.1, 0.15) is 22.8 Å². The Morgan fingerprint density at radius 3 is 2.81 bits per heavy atom. The Labute approximate surface area is 164 Å². The molecule has 1 aromatic carbocycles. The summed E-state index contributed by atoms with van der Waals surface area (Å²) in [5, 5.41) is 6.01. The fraction of sp³-hybridized carbons (Fsp3) is 0.278. The molecule has 0 aliphatic carbocycles. The number of carbonyl (C=O) groups excluding carboxylic acids is 1. The van der Waals surface area contributed by atoms with Crippen molar-refractivity contribution in [2.45, 2.75) is 0 Å². The van der Waals surface area contributed by atoms with Crippen LogP contribution in [0.5, 0.6) is 0 Å². The first-order valence-electron chi connectivity index (χ1n) is 8.50. The summed E-state index contributed by atoms with van der Waals surface area (Å²) in [7, 11) is 0. The topological polar surface area (TPSA) is 61.4 Å². The smallest absolute Gasteiger partial charge is 0.238 e. The average molecular weight is 406 g/mol. The maximum atomic E-state index is 13.1. The summed E-state index contributed by atoms with van der Waals surface area (Å²) in [6, 6.07) is 5.96. The highest BCUT2D eigenvalue weighted by atomic mass is 35.5. The Bertz CT molecular complexity index is 973. The summed E-state index contributed by atoms with van der Waals surface area (Å²) in [6.45, 7) is 3.33. The maximum absolute atomic E-state index is 13.1. The first-order chi connectivity index (χ1) is 13.1. The summed E-state index contributed by atoms with van der Waals surface area (Å²) in [6.07, 6.45) is 1.60. The van der Waals surface area contributed by atoms with E-state index in [1.165, 1.54) is 18.2 Å². The van der Waals surface area contributed by atoms with Gasteiger partial charge >= 0.3 is 0 Å². The largest absolute Gasteiger partial charge is 0.353 e. The first-order valence-corrected chi connectivity index (χ1v) is 9.76. The van der Waals surface area contributed by atoms with E-state index in [1.807, 2.05) is 11.4 Å². The van der Waals surface area contributed by atoms with Crippen LogP contribution in [-0.4, -0.2) is 53.5 Å². The highest BCUT2D eigenvalue weighted by molar-refractivity contribution is 7.16. The SMILES string of the molecule is O=C(CN1CCN(c2ncnc3sccc23)CC1)Nc1ccc(F)cc1Cl. The lowest BCUT2D eigenvalue weighted by atomic mass is 10.2. The molecule has 0 atom stereocenters. The molecule has 9 heteroatoms. The lowest BCUT2D eigenvalue weighted by molar-refractivity contribution is -0.117. The van der Waals surface area contributed by atoms with Gasteiger partial charge in [0.25, 0.3) is 0 Å². The van der Waals surface area contributed by atoms with E-state index in [0.29, 0.717) is 5.69 Å². The molecule has 3 heterocycles. The van der Waals surface area contributed by atoms with E-state index in [-0.39, 0.29) is 17.5 Å². The molecule has 2 aromatic heterocycles. The van der Waals surface area contributed by atoms with E-state index >= 15 is 0 Å². The molecule has 1 aliphatic rings. The number of nitrogens with one attached hydrogen (secondary N) is 1. The van der Waals surface area contributed by atoms with Crippen molar-refractivity contribution < 1.29 is 9.18 Å². The number of thiophene rings is 1. The Morgan fingerprint density at radius 1 is 1.22 bits per heavy atom. The molecule has 6 nitrogen and oxygen atoms in total. The second kappa shape index (κ2) is 7.75. The highest BCUT2D eigenvalue weighted by Crippen LogP contribution is 2.27. The van der Waals surface area contributed by atoms with Crippen molar-refractivity contribution in [3.8, 4) is 0 Å². The molecule has 0 spiro atoms. The van der Waals surface area contributed by atoms with Crippen LogP contribution in [0, 0.1) is 5.82 Å². The number of amides is 1. The maximum Gasteiger partial charge on any atom is 0.238 e. The first kappa shape index (κ1) is 18.1. The molecule has 1 saturated heterocycles. The average Bonchev–Trinajstić information content (AvgIpc) is 3.13. The van der Waals surface area contributed by atoms with Gasteiger partial charge in [0.05, 0.1) is 22.6 Å². The second-order valence-electron chi connectivity index (χ2n) is 6.27. The number of piperazine rings is 1. The summed E-state index contributed by atoms with van der Waals surface area (Å²) in [4.78, 5) is 26.3. The number of halogens is 2. The van der Waals surface area contributed by atoms with E-state index in [0.717, 1.165) is 42.2 Å². The quantitative estimate of drug-likeness (QED) is 0.722. The van der Waals surface area contributed by atoms with Crippen LogP contribution in [0.3, 0.4) is 0 Å². The van der Waals surface area contributed by atoms with Crippen LogP contribution in [0.1, 0.15) is 0 Å². The molecule has 1 fully saturated rings. The highest BCUT2D eigenvalue weighted by Gasteiger charge is 2.22. The van der Waals surface area contributed by atoms with E-state index in [9.17, 15) is 9.18 Å². The van der Waals surface area contributed by atoms with Crippen LogP contribution < -0.4 is 10.2 Å². The number of benzene rings is 1. The summed E-state index contributed by atoms with van der Waals surface area (Å²) < 4.78 is 13.1. The molecule has 0 bridgehead atoms. The van der Waals surface area contributed by atoms with Gasteiger partial charge in [-0.3, -0.25) is 9.69 Å². The van der Waals surface area contributed by atoms with Gasteiger partial charge in [-0.2, -0.15) is 0 Å². The van der Waals surface area contributed by atoms with Gasteiger partial charge < -0.3 is 10.2 Å². The number of anilines is 2. The molecule has 0 saturated carbocycles. The van der Waals surface area contributed by atoms with Crippen LogP contribution in [0.2, 0.25) is 5.02 Å². The third-order valence-electron chi connectivity index (χ3n) is 4.48. The molecular formula is C18H17ClFN5OS. The normalized spacial score (nSPS) is 15.3. The number of carbonyl (C=O) groups is 1. The second-order valence-corrected chi connectivity index (χ2v) is 7.57. The van der Waals surface area contributed by atoms with Crippen molar-refractivity contribution >= 4 is 50.6 Å². The predicted molar refractivity (Wildman–Crippen MR) is 106 cm³/mol. The number of aromatic nitrogens is 2. The van der Waals surface area contributed by atoms with Gasteiger partial charge in [-0.15, -0.1) is 11.3 Å². The van der Waals surface area contributed by atoms with Gasteiger partial charge in [-0.25, -0.2) is 14.4 Å². The van der Waals surface area contributed by atoms with Gasteiger partial charge in [-0.1, -0.05) is 11.6 Å². The van der Waals surface area contributed by atoms with Crippen molar-refractivity contribution in [2.24, 2.45) is 0 Å². The monoisotopic (exact) mass is 405 g/mol. The standard InChI is InChI=1S/C18H17ClFN5OS/c19-14-9-12(20)1-2-15(14)23-16(26)10-24-4-6-25(7-5-24)17-13-3-8-27-18(13)22-11-21-17/h1-3,8-9,11H,4-7,10H2,(H,23,26). The van der Waals surface area contributed by atoms with Gasteiger partial charge in [0.15, 0.2) is 0 Å². The molecule has 0 radical (unpaired) electrons. The van der Waals surface area contributed by atoms with Gasteiger partial charge in [-0.05, 0) is 29.6 Å². The molecule has 4 rings (SSSR count).